The third-order valence-corrected chi connectivity index (χ3v) is 3.99. The van der Waals surface area contributed by atoms with Crippen LogP contribution in [0.3, 0.4) is 0 Å². The summed E-state index contributed by atoms with van der Waals surface area (Å²) in [5, 5.41) is 12.0. The molecule has 0 saturated heterocycles. The van der Waals surface area contributed by atoms with Crippen LogP contribution in [0.2, 0.25) is 0 Å². The standard InChI is InChI=1S/C11H11BrN2OS/c12-5-8(15)6-16-11-9-3-1-2-4-10(9)13-7-14-11/h1-4,7-8,15H,5-6H2. The zero-order valence-corrected chi connectivity index (χ0v) is 10.9. The van der Waals surface area contributed by atoms with Gasteiger partial charge in [-0.05, 0) is 6.07 Å². The molecule has 3 nitrogen and oxygen atoms in total. The maximum Gasteiger partial charge on any atom is 0.117 e. The van der Waals surface area contributed by atoms with Crippen molar-refractivity contribution in [1.82, 2.24) is 9.97 Å². The van der Waals surface area contributed by atoms with Crippen molar-refractivity contribution in [3.05, 3.63) is 30.6 Å². The molecular weight excluding hydrogens is 288 g/mol. The Balaban J connectivity index is 2.23. The molecule has 1 unspecified atom stereocenters. The summed E-state index contributed by atoms with van der Waals surface area (Å²) in [6, 6.07) is 7.88. The number of hydrogen-bond acceptors (Lipinski definition) is 4. The molecule has 0 amide bonds. The van der Waals surface area contributed by atoms with Crippen molar-refractivity contribution in [3.63, 3.8) is 0 Å². The van der Waals surface area contributed by atoms with E-state index in [1.54, 1.807) is 18.1 Å². The Bertz CT molecular complexity index is 475. The summed E-state index contributed by atoms with van der Waals surface area (Å²) in [5.74, 6) is 0.631. The number of rotatable bonds is 4. The summed E-state index contributed by atoms with van der Waals surface area (Å²) < 4.78 is 0. The smallest absolute Gasteiger partial charge is 0.117 e. The molecule has 5 heteroatoms. The quantitative estimate of drug-likeness (QED) is 0.535. The average molecular weight is 299 g/mol. The van der Waals surface area contributed by atoms with E-state index in [-0.39, 0.29) is 6.10 Å². The zero-order chi connectivity index (χ0) is 11.4. The maximum atomic E-state index is 9.48. The van der Waals surface area contributed by atoms with Crippen LogP contribution in [-0.4, -0.2) is 32.3 Å². The molecular formula is C11H11BrN2OS. The number of aliphatic hydroxyl groups excluding tert-OH is 1. The molecule has 2 aromatic rings. The molecule has 2 rings (SSSR count). The van der Waals surface area contributed by atoms with E-state index in [0.29, 0.717) is 11.1 Å². The van der Waals surface area contributed by atoms with Crippen molar-refractivity contribution in [3.8, 4) is 0 Å². The first-order chi connectivity index (χ1) is 7.81. The van der Waals surface area contributed by atoms with Crippen LogP contribution in [0.4, 0.5) is 0 Å². The van der Waals surface area contributed by atoms with Crippen molar-refractivity contribution in [2.24, 2.45) is 0 Å². The van der Waals surface area contributed by atoms with Gasteiger partial charge in [0.2, 0.25) is 0 Å². The molecule has 1 N–H and O–H groups in total. The molecule has 0 aliphatic rings. The first-order valence-electron chi connectivity index (χ1n) is 4.88. The molecule has 0 fully saturated rings. The van der Waals surface area contributed by atoms with Gasteiger partial charge < -0.3 is 5.11 Å². The van der Waals surface area contributed by atoms with E-state index in [4.69, 9.17) is 0 Å². The van der Waals surface area contributed by atoms with Gasteiger partial charge in [-0.25, -0.2) is 9.97 Å². The highest BCUT2D eigenvalue weighted by molar-refractivity contribution is 9.09. The van der Waals surface area contributed by atoms with E-state index >= 15 is 0 Å². The fourth-order valence-electron chi connectivity index (χ4n) is 1.31. The van der Waals surface area contributed by atoms with Gasteiger partial charge in [-0.1, -0.05) is 34.1 Å². The highest BCUT2D eigenvalue weighted by Gasteiger charge is 2.07. The second-order valence-corrected chi connectivity index (χ2v) is 4.97. The Hall–Kier alpha value is -0.650. The molecule has 84 valence electrons. The fourth-order valence-corrected chi connectivity index (χ4v) is 2.76. The summed E-state index contributed by atoms with van der Waals surface area (Å²) in [7, 11) is 0. The van der Waals surface area contributed by atoms with Gasteiger partial charge in [-0.2, -0.15) is 0 Å². The second-order valence-electron chi connectivity index (χ2n) is 3.32. The Morgan fingerprint density at radius 1 is 1.31 bits per heavy atom. The number of nitrogens with zero attached hydrogens (tertiary/aromatic N) is 2. The summed E-state index contributed by atoms with van der Waals surface area (Å²) in [4.78, 5) is 8.43. The molecule has 1 aromatic heterocycles. The number of halogens is 1. The van der Waals surface area contributed by atoms with Gasteiger partial charge in [0.05, 0.1) is 11.6 Å². The normalized spacial score (nSPS) is 12.9. The average Bonchev–Trinajstić information content (AvgIpc) is 2.35. The van der Waals surface area contributed by atoms with Crippen molar-refractivity contribution < 1.29 is 5.11 Å². The Labute approximate surface area is 106 Å². The van der Waals surface area contributed by atoms with E-state index in [2.05, 4.69) is 25.9 Å². The first kappa shape index (κ1) is 11.8. The number of aromatic nitrogens is 2. The molecule has 0 aliphatic carbocycles. The molecule has 1 aromatic carbocycles. The molecule has 0 spiro atoms. The number of aliphatic hydroxyl groups is 1. The van der Waals surface area contributed by atoms with Crippen LogP contribution in [0.5, 0.6) is 0 Å². The van der Waals surface area contributed by atoms with E-state index < -0.39 is 0 Å². The van der Waals surface area contributed by atoms with Gasteiger partial charge >= 0.3 is 0 Å². The lowest BCUT2D eigenvalue weighted by Crippen LogP contribution is -2.10. The minimum atomic E-state index is -0.348. The summed E-state index contributed by atoms with van der Waals surface area (Å²) in [5.41, 5.74) is 0.938. The van der Waals surface area contributed by atoms with Crippen LogP contribution in [0, 0.1) is 0 Å². The SMILES string of the molecule is OC(CBr)CSc1ncnc2ccccc12. The van der Waals surface area contributed by atoms with Gasteiger partial charge in [0.15, 0.2) is 0 Å². The summed E-state index contributed by atoms with van der Waals surface area (Å²) in [6.07, 6.45) is 1.21. The van der Waals surface area contributed by atoms with Gasteiger partial charge in [-0.15, -0.1) is 11.8 Å². The summed E-state index contributed by atoms with van der Waals surface area (Å²) >= 11 is 4.79. The second kappa shape index (κ2) is 5.61. The van der Waals surface area contributed by atoms with Crippen molar-refractivity contribution in [1.29, 1.82) is 0 Å². The zero-order valence-electron chi connectivity index (χ0n) is 8.51. The maximum absolute atomic E-state index is 9.48. The lowest BCUT2D eigenvalue weighted by molar-refractivity contribution is 0.226. The monoisotopic (exact) mass is 298 g/mol. The molecule has 1 atom stereocenters. The fraction of sp³-hybridized carbons (Fsp3) is 0.273. The lowest BCUT2D eigenvalue weighted by atomic mass is 10.2. The van der Waals surface area contributed by atoms with Gasteiger partial charge in [0.1, 0.15) is 11.4 Å². The molecule has 0 bridgehead atoms. The van der Waals surface area contributed by atoms with Crippen LogP contribution < -0.4 is 0 Å². The highest BCUT2D eigenvalue weighted by Crippen LogP contribution is 2.24. The first-order valence-corrected chi connectivity index (χ1v) is 6.98. The molecule has 16 heavy (non-hydrogen) atoms. The van der Waals surface area contributed by atoms with Crippen molar-refractivity contribution in [2.75, 3.05) is 11.1 Å². The number of alkyl halides is 1. The third-order valence-electron chi connectivity index (χ3n) is 2.10. The largest absolute Gasteiger partial charge is 0.391 e. The van der Waals surface area contributed by atoms with E-state index in [1.807, 2.05) is 24.3 Å². The summed E-state index contributed by atoms with van der Waals surface area (Å²) in [6.45, 7) is 0. The molecule has 0 radical (unpaired) electrons. The Morgan fingerprint density at radius 3 is 2.94 bits per heavy atom. The van der Waals surface area contributed by atoms with Crippen LogP contribution >= 0.6 is 27.7 Å². The lowest BCUT2D eigenvalue weighted by Gasteiger charge is -2.07. The van der Waals surface area contributed by atoms with Gasteiger partial charge in [0.25, 0.3) is 0 Å². The van der Waals surface area contributed by atoms with E-state index in [1.165, 1.54) is 0 Å². The number of benzene rings is 1. The predicted octanol–water partition coefficient (Wildman–Crippen LogP) is 2.48. The highest BCUT2D eigenvalue weighted by atomic mass is 79.9. The molecule has 0 saturated carbocycles. The van der Waals surface area contributed by atoms with Crippen molar-refractivity contribution >= 4 is 38.6 Å². The van der Waals surface area contributed by atoms with Crippen LogP contribution in [-0.2, 0) is 0 Å². The molecule has 1 heterocycles. The van der Waals surface area contributed by atoms with Crippen LogP contribution in [0.25, 0.3) is 10.9 Å². The minimum Gasteiger partial charge on any atom is -0.391 e. The molecule has 0 aliphatic heterocycles. The van der Waals surface area contributed by atoms with Gasteiger partial charge in [0, 0.05) is 16.5 Å². The Morgan fingerprint density at radius 2 is 2.12 bits per heavy atom. The minimum absolute atomic E-state index is 0.348. The topological polar surface area (TPSA) is 46.0 Å². The van der Waals surface area contributed by atoms with E-state index in [0.717, 1.165) is 15.9 Å². The third kappa shape index (κ3) is 2.72. The van der Waals surface area contributed by atoms with Gasteiger partial charge in [-0.3, -0.25) is 0 Å². The number of hydrogen-bond donors (Lipinski definition) is 1. The number of thioether (sulfide) groups is 1. The number of para-hydroxylation sites is 1. The van der Waals surface area contributed by atoms with Crippen LogP contribution in [0.1, 0.15) is 0 Å². The predicted molar refractivity (Wildman–Crippen MR) is 70.1 cm³/mol. The van der Waals surface area contributed by atoms with Crippen molar-refractivity contribution in [2.45, 2.75) is 11.1 Å². The van der Waals surface area contributed by atoms with E-state index in [9.17, 15) is 5.11 Å². The number of fused-ring (bicyclic) bond motifs is 1. The Kier molecular flexibility index (Phi) is 4.15. The van der Waals surface area contributed by atoms with Crippen LogP contribution in [0.15, 0.2) is 35.6 Å².